The molecule has 1 rings (SSSR count). The van der Waals surface area contributed by atoms with Crippen molar-refractivity contribution in [2.75, 3.05) is 26.8 Å². The third kappa shape index (κ3) is 5.46. The Morgan fingerprint density at radius 2 is 1.36 bits per heavy atom. The van der Waals surface area contributed by atoms with Crippen LogP contribution in [0.3, 0.4) is 0 Å². The molecule has 0 bridgehead atoms. The second-order valence-electron chi connectivity index (χ2n) is 4.90. The molecule has 0 saturated heterocycles. The molecule has 0 aromatic heterocycles. The third-order valence-electron chi connectivity index (χ3n) is 3.35. The zero-order valence-corrected chi connectivity index (χ0v) is 15.0. The van der Waals surface area contributed by atoms with Crippen LogP contribution < -0.4 is 5.43 Å². The molecular weight excluding hydrogens is 352 g/mol. The molecule has 25 heavy (non-hydrogen) atoms. The van der Waals surface area contributed by atoms with E-state index in [0.29, 0.717) is 10.7 Å². The first-order valence-electron chi connectivity index (χ1n) is 7.15. The van der Waals surface area contributed by atoms with E-state index < -0.39 is 29.7 Å². The fourth-order valence-electron chi connectivity index (χ4n) is 2.04. The molecule has 0 aliphatic rings. The molecule has 1 N–H and O–H groups in total. The van der Waals surface area contributed by atoms with Crippen LogP contribution in [0.5, 0.6) is 0 Å². The average molecular weight is 371 g/mol. The number of esters is 3. The van der Waals surface area contributed by atoms with E-state index >= 15 is 0 Å². The smallest absolute Gasteiger partial charge is 0.321 e. The quantitative estimate of drug-likeness (QED) is 0.257. The number of halogens is 1. The number of hydrazone groups is 1. The van der Waals surface area contributed by atoms with Crippen molar-refractivity contribution >= 4 is 40.9 Å². The molecule has 1 atom stereocenters. The Morgan fingerprint density at radius 1 is 0.920 bits per heavy atom. The molecule has 0 aliphatic heterocycles. The number of rotatable bonds is 7. The van der Waals surface area contributed by atoms with Crippen LogP contribution in [0.2, 0.25) is 5.02 Å². The standard InChI is InChI=1S/C16H19ClN2O6/c1-9(18-19-11-7-5-10(17)6-8-11)12(14(20)23-2)13(15(21)24-3)16(22)25-4/h5-8,12-13,19H,1-4H3/b18-9+. The van der Waals surface area contributed by atoms with Crippen LogP contribution in [-0.4, -0.2) is 44.9 Å². The first kappa shape index (κ1) is 20.4. The molecular formula is C16H19ClN2O6. The van der Waals surface area contributed by atoms with E-state index in [1.807, 2.05) is 0 Å². The van der Waals surface area contributed by atoms with Crippen molar-refractivity contribution in [3.63, 3.8) is 0 Å². The molecule has 8 nitrogen and oxygen atoms in total. The minimum atomic E-state index is -1.53. The Balaban J connectivity index is 3.15. The fraction of sp³-hybridized carbons (Fsp3) is 0.375. The van der Waals surface area contributed by atoms with Gasteiger partial charge in [0.25, 0.3) is 0 Å². The van der Waals surface area contributed by atoms with Crippen LogP contribution in [0.1, 0.15) is 6.92 Å². The second kappa shape index (κ2) is 9.63. The third-order valence-corrected chi connectivity index (χ3v) is 3.61. The van der Waals surface area contributed by atoms with Crippen LogP contribution in [0.4, 0.5) is 5.69 Å². The highest BCUT2D eigenvalue weighted by Crippen LogP contribution is 2.20. The maximum atomic E-state index is 12.1. The Morgan fingerprint density at radius 3 is 1.80 bits per heavy atom. The van der Waals surface area contributed by atoms with E-state index in [-0.39, 0.29) is 5.71 Å². The molecule has 0 aliphatic carbocycles. The number of nitrogens with one attached hydrogen (secondary N) is 1. The molecule has 1 unspecified atom stereocenters. The molecule has 0 radical (unpaired) electrons. The lowest BCUT2D eigenvalue weighted by molar-refractivity contribution is -0.165. The van der Waals surface area contributed by atoms with Gasteiger partial charge in [-0.2, -0.15) is 5.10 Å². The van der Waals surface area contributed by atoms with Crippen molar-refractivity contribution in [3.8, 4) is 0 Å². The SMILES string of the molecule is COC(=O)C(C(=O)OC)C(C(=O)OC)/C(C)=N/Nc1ccc(Cl)cc1. The van der Waals surface area contributed by atoms with Crippen molar-refractivity contribution in [1.29, 1.82) is 0 Å². The monoisotopic (exact) mass is 370 g/mol. The molecule has 0 amide bonds. The largest absolute Gasteiger partial charge is 0.468 e. The lowest BCUT2D eigenvalue weighted by Gasteiger charge is -2.21. The molecule has 0 fully saturated rings. The van der Waals surface area contributed by atoms with Crippen LogP contribution in [-0.2, 0) is 28.6 Å². The molecule has 1 aromatic rings. The summed E-state index contributed by atoms with van der Waals surface area (Å²) in [5.74, 6) is -5.51. The van der Waals surface area contributed by atoms with Crippen LogP contribution in [0.15, 0.2) is 29.4 Å². The summed E-state index contributed by atoms with van der Waals surface area (Å²) in [5.41, 5.74) is 3.46. The highest BCUT2D eigenvalue weighted by molar-refractivity contribution is 6.30. The van der Waals surface area contributed by atoms with Crippen molar-refractivity contribution in [1.82, 2.24) is 0 Å². The van der Waals surface area contributed by atoms with Gasteiger partial charge in [-0.15, -0.1) is 0 Å². The Bertz CT molecular complexity index is 643. The van der Waals surface area contributed by atoms with Crippen molar-refractivity contribution in [3.05, 3.63) is 29.3 Å². The summed E-state index contributed by atoms with van der Waals surface area (Å²) >= 11 is 5.80. The Labute approximate surface area is 150 Å². The van der Waals surface area contributed by atoms with Gasteiger partial charge in [0, 0.05) is 5.02 Å². The summed E-state index contributed by atoms with van der Waals surface area (Å²) in [6.45, 7) is 1.48. The maximum absolute atomic E-state index is 12.1. The van der Waals surface area contributed by atoms with Gasteiger partial charge in [0.2, 0.25) is 0 Å². The van der Waals surface area contributed by atoms with E-state index in [4.69, 9.17) is 16.3 Å². The van der Waals surface area contributed by atoms with Crippen molar-refractivity contribution in [2.24, 2.45) is 16.9 Å². The minimum absolute atomic E-state index is 0.141. The molecule has 136 valence electrons. The van der Waals surface area contributed by atoms with Crippen molar-refractivity contribution < 1.29 is 28.6 Å². The summed E-state index contributed by atoms with van der Waals surface area (Å²) in [5, 5.41) is 4.61. The van der Waals surface area contributed by atoms with Crippen LogP contribution in [0.25, 0.3) is 0 Å². The van der Waals surface area contributed by atoms with E-state index in [2.05, 4.69) is 20.0 Å². The predicted molar refractivity (Wildman–Crippen MR) is 91.2 cm³/mol. The molecule has 0 spiro atoms. The highest BCUT2D eigenvalue weighted by atomic mass is 35.5. The normalized spacial score (nSPS) is 12.3. The number of benzene rings is 1. The van der Waals surface area contributed by atoms with E-state index in [0.717, 1.165) is 21.3 Å². The zero-order valence-electron chi connectivity index (χ0n) is 14.2. The predicted octanol–water partition coefficient (Wildman–Crippen LogP) is 1.88. The topological polar surface area (TPSA) is 103 Å². The van der Waals surface area contributed by atoms with Crippen molar-refractivity contribution in [2.45, 2.75) is 6.92 Å². The van der Waals surface area contributed by atoms with E-state index in [1.165, 1.54) is 6.92 Å². The maximum Gasteiger partial charge on any atom is 0.321 e. The second-order valence-corrected chi connectivity index (χ2v) is 5.33. The number of anilines is 1. The number of hydrogen-bond donors (Lipinski definition) is 1. The van der Waals surface area contributed by atoms with E-state index in [1.54, 1.807) is 24.3 Å². The average Bonchev–Trinajstić information content (AvgIpc) is 2.63. The summed E-state index contributed by atoms with van der Waals surface area (Å²) in [6.07, 6.45) is 0. The number of ether oxygens (including phenoxy) is 3. The van der Waals surface area contributed by atoms with Gasteiger partial charge in [-0.3, -0.25) is 19.8 Å². The first-order chi connectivity index (χ1) is 11.8. The molecule has 9 heteroatoms. The number of carbonyl (C=O) groups excluding carboxylic acids is 3. The Kier molecular flexibility index (Phi) is 7.87. The number of methoxy groups -OCH3 is 3. The van der Waals surface area contributed by atoms with Gasteiger partial charge in [0.15, 0.2) is 5.92 Å². The lowest BCUT2D eigenvalue weighted by Crippen LogP contribution is -2.41. The summed E-state index contributed by atoms with van der Waals surface area (Å²) in [4.78, 5) is 36.1. The van der Waals surface area contributed by atoms with Gasteiger partial charge in [0.1, 0.15) is 5.92 Å². The van der Waals surface area contributed by atoms with Gasteiger partial charge < -0.3 is 14.2 Å². The molecule has 1 aromatic carbocycles. The van der Waals surface area contributed by atoms with E-state index in [9.17, 15) is 14.4 Å². The summed E-state index contributed by atoms with van der Waals surface area (Å²) < 4.78 is 13.9. The highest BCUT2D eigenvalue weighted by Gasteiger charge is 2.44. The number of carbonyl (C=O) groups is 3. The molecule has 0 heterocycles. The Hall–Kier alpha value is -2.61. The zero-order chi connectivity index (χ0) is 19.0. The van der Waals surface area contributed by atoms with Gasteiger partial charge in [-0.1, -0.05) is 11.6 Å². The fourth-order valence-corrected chi connectivity index (χ4v) is 2.17. The number of nitrogens with zero attached hydrogens (tertiary/aromatic N) is 1. The van der Waals surface area contributed by atoms with Gasteiger partial charge in [0.05, 0.1) is 32.7 Å². The lowest BCUT2D eigenvalue weighted by atomic mass is 9.88. The number of hydrogen-bond acceptors (Lipinski definition) is 8. The van der Waals surface area contributed by atoms with Crippen LogP contribution in [0, 0.1) is 11.8 Å². The van der Waals surface area contributed by atoms with Gasteiger partial charge in [-0.25, -0.2) is 0 Å². The minimum Gasteiger partial charge on any atom is -0.468 e. The van der Waals surface area contributed by atoms with Gasteiger partial charge >= 0.3 is 17.9 Å². The summed E-state index contributed by atoms with van der Waals surface area (Å²) in [7, 11) is 3.34. The molecule has 0 saturated carbocycles. The van der Waals surface area contributed by atoms with Crippen LogP contribution >= 0.6 is 11.6 Å². The summed E-state index contributed by atoms with van der Waals surface area (Å²) in [6, 6.07) is 6.64. The first-order valence-corrected chi connectivity index (χ1v) is 7.52. The van der Waals surface area contributed by atoms with Gasteiger partial charge in [-0.05, 0) is 31.2 Å².